The van der Waals surface area contributed by atoms with Crippen molar-refractivity contribution in [3.63, 3.8) is 0 Å². The van der Waals surface area contributed by atoms with E-state index in [9.17, 15) is 9.59 Å². The van der Waals surface area contributed by atoms with E-state index in [1.54, 1.807) is 4.90 Å². The highest BCUT2D eigenvalue weighted by molar-refractivity contribution is 6.08. The molecule has 2 aliphatic rings. The van der Waals surface area contributed by atoms with E-state index >= 15 is 0 Å². The molecule has 1 aromatic carbocycles. The van der Waals surface area contributed by atoms with Crippen LogP contribution in [0.3, 0.4) is 0 Å². The van der Waals surface area contributed by atoms with Gasteiger partial charge in [-0.15, -0.1) is 0 Å². The van der Waals surface area contributed by atoms with Crippen LogP contribution in [0.15, 0.2) is 18.2 Å². The predicted octanol–water partition coefficient (Wildman–Crippen LogP) is 1.46. The number of carbonyl (C=O) groups is 2. The number of hydrogen-bond acceptors (Lipinski definition) is 3. The van der Waals surface area contributed by atoms with Gasteiger partial charge in [-0.3, -0.25) is 10.1 Å². The summed E-state index contributed by atoms with van der Waals surface area (Å²) in [7, 11) is 0. The van der Waals surface area contributed by atoms with E-state index < -0.39 is 5.54 Å². The van der Waals surface area contributed by atoms with E-state index in [2.05, 4.69) is 5.32 Å². The summed E-state index contributed by atoms with van der Waals surface area (Å²) in [6, 6.07) is 5.48. The number of fused-ring (bicyclic) bond motifs is 1. The van der Waals surface area contributed by atoms with Crippen LogP contribution in [0.2, 0.25) is 0 Å². The molecule has 2 unspecified atom stereocenters. The topological polar surface area (TPSA) is 75.4 Å². The molecule has 1 aromatic rings. The number of anilines is 1. The molecule has 2 atom stereocenters. The second-order valence-electron chi connectivity index (χ2n) is 5.80. The molecule has 0 bridgehead atoms. The zero-order valence-corrected chi connectivity index (χ0v) is 11.8. The molecule has 0 aromatic heterocycles. The number of nitrogens with one attached hydrogen (secondary N) is 1. The van der Waals surface area contributed by atoms with Crippen molar-refractivity contribution in [2.45, 2.75) is 44.7 Å². The van der Waals surface area contributed by atoms with Gasteiger partial charge in [-0.2, -0.15) is 0 Å². The third-order valence-electron chi connectivity index (χ3n) is 4.55. The molecule has 1 saturated heterocycles. The molecule has 20 heavy (non-hydrogen) atoms. The normalized spacial score (nSPS) is 26.0. The van der Waals surface area contributed by atoms with E-state index in [0.29, 0.717) is 18.5 Å². The second kappa shape index (κ2) is 4.23. The lowest BCUT2D eigenvalue weighted by atomic mass is 9.92. The van der Waals surface area contributed by atoms with Crippen molar-refractivity contribution in [2.24, 2.45) is 0 Å². The van der Waals surface area contributed by atoms with E-state index in [-0.39, 0.29) is 18.0 Å². The molecule has 5 heteroatoms. The molecule has 3 N–H and O–H groups in total. The molecule has 3 rings (SSSR count). The first-order valence-corrected chi connectivity index (χ1v) is 7.00. The third-order valence-corrected chi connectivity index (χ3v) is 4.55. The van der Waals surface area contributed by atoms with Crippen molar-refractivity contribution in [3.8, 4) is 0 Å². The Labute approximate surface area is 118 Å². The first-order valence-electron chi connectivity index (χ1n) is 7.00. The lowest BCUT2D eigenvalue weighted by Gasteiger charge is -2.35. The molecule has 0 radical (unpaired) electrons. The Hall–Kier alpha value is -2.04. The van der Waals surface area contributed by atoms with Crippen LogP contribution in [0.1, 0.15) is 31.4 Å². The predicted molar refractivity (Wildman–Crippen MR) is 76.1 cm³/mol. The van der Waals surface area contributed by atoms with E-state index in [1.165, 1.54) is 0 Å². The molecule has 1 spiro atoms. The average Bonchev–Trinajstić information content (AvgIpc) is 2.87. The molecular weight excluding hydrogens is 254 g/mol. The van der Waals surface area contributed by atoms with Crippen molar-refractivity contribution in [1.29, 1.82) is 0 Å². The Morgan fingerprint density at radius 3 is 2.75 bits per heavy atom. The summed E-state index contributed by atoms with van der Waals surface area (Å²) in [6.45, 7) is 4.01. The van der Waals surface area contributed by atoms with Gasteiger partial charge in [0.25, 0.3) is 5.91 Å². The van der Waals surface area contributed by atoms with Gasteiger partial charge >= 0.3 is 6.03 Å². The molecule has 1 fully saturated rings. The lowest BCUT2D eigenvalue weighted by molar-refractivity contribution is -0.126. The summed E-state index contributed by atoms with van der Waals surface area (Å²) in [5.74, 6) is -0.183. The Morgan fingerprint density at radius 1 is 1.35 bits per heavy atom. The molecule has 1 aliphatic heterocycles. The minimum absolute atomic E-state index is 0.0353. The Bertz CT molecular complexity index is 599. The van der Waals surface area contributed by atoms with Gasteiger partial charge in [-0.05, 0) is 36.6 Å². The van der Waals surface area contributed by atoms with Gasteiger partial charge < -0.3 is 10.6 Å². The maximum absolute atomic E-state index is 12.4. The van der Waals surface area contributed by atoms with Crippen LogP contribution in [-0.2, 0) is 17.6 Å². The van der Waals surface area contributed by atoms with Crippen molar-refractivity contribution >= 4 is 17.6 Å². The summed E-state index contributed by atoms with van der Waals surface area (Å²) in [5, 5.41) is 2.48. The van der Waals surface area contributed by atoms with Crippen LogP contribution < -0.4 is 11.1 Å². The van der Waals surface area contributed by atoms with Crippen molar-refractivity contribution in [2.75, 3.05) is 5.73 Å². The molecular formula is C15H19N3O2. The van der Waals surface area contributed by atoms with Gasteiger partial charge in [0.2, 0.25) is 0 Å². The zero-order valence-electron chi connectivity index (χ0n) is 11.8. The van der Waals surface area contributed by atoms with Crippen LogP contribution in [0, 0.1) is 0 Å². The van der Waals surface area contributed by atoms with Crippen molar-refractivity contribution < 1.29 is 9.59 Å². The summed E-state index contributed by atoms with van der Waals surface area (Å²) in [4.78, 5) is 26.2. The molecule has 3 amide bonds. The zero-order chi connectivity index (χ0) is 14.5. The minimum Gasteiger partial charge on any atom is -0.399 e. The minimum atomic E-state index is -0.761. The summed E-state index contributed by atoms with van der Waals surface area (Å²) in [5.41, 5.74) is 7.93. The van der Waals surface area contributed by atoms with Gasteiger partial charge in [0.1, 0.15) is 5.54 Å². The molecule has 106 valence electrons. The number of carbonyl (C=O) groups excluding carboxylic acids is 2. The Balaban J connectivity index is 2.04. The molecule has 1 aliphatic carbocycles. The van der Waals surface area contributed by atoms with Crippen LogP contribution in [0.4, 0.5) is 10.5 Å². The molecule has 0 saturated carbocycles. The third kappa shape index (κ3) is 1.62. The maximum atomic E-state index is 12.4. The van der Waals surface area contributed by atoms with Crippen LogP contribution in [-0.4, -0.2) is 28.4 Å². The number of hydrogen-bond donors (Lipinski definition) is 2. The SMILES string of the molecule is CCC(C)N1C(=O)NC(=O)C12Cc1ccc(N)cc1C2. The highest BCUT2D eigenvalue weighted by Gasteiger charge is 2.56. The second-order valence-corrected chi connectivity index (χ2v) is 5.80. The quantitative estimate of drug-likeness (QED) is 0.632. The van der Waals surface area contributed by atoms with Gasteiger partial charge in [-0.25, -0.2) is 4.79 Å². The number of amides is 3. The largest absolute Gasteiger partial charge is 0.399 e. The van der Waals surface area contributed by atoms with E-state index in [1.807, 2.05) is 32.0 Å². The van der Waals surface area contributed by atoms with E-state index in [0.717, 1.165) is 17.5 Å². The number of benzene rings is 1. The lowest BCUT2D eigenvalue weighted by Crippen LogP contribution is -2.54. The van der Waals surface area contributed by atoms with Crippen molar-refractivity contribution in [3.05, 3.63) is 29.3 Å². The summed E-state index contributed by atoms with van der Waals surface area (Å²) < 4.78 is 0. The first-order chi connectivity index (χ1) is 9.48. The van der Waals surface area contributed by atoms with Gasteiger partial charge in [0, 0.05) is 24.6 Å². The standard InChI is InChI=1S/C15H19N3O2/c1-3-9(2)18-14(20)17-13(19)15(18)7-10-4-5-12(16)6-11(10)8-15/h4-6,9H,3,7-8,16H2,1-2H3,(H,17,19,20). The van der Waals surface area contributed by atoms with Crippen molar-refractivity contribution in [1.82, 2.24) is 10.2 Å². The fraction of sp³-hybridized carbons (Fsp3) is 0.467. The van der Waals surface area contributed by atoms with Crippen LogP contribution >= 0.6 is 0 Å². The van der Waals surface area contributed by atoms with Gasteiger partial charge in [-0.1, -0.05) is 13.0 Å². The van der Waals surface area contributed by atoms with E-state index in [4.69, 9.17) is 5.73 Å². The van der Waals surface area contributed by atoms with Gasteiger partial charge in [0.05, 0.1) is 0 Å². The molecule has 5 nitrogen and oxygen atoms in total. The summed E-state index contributed by atoms with van der Waals surface area (Å²) >= 11 is 0. The fourth-order valence-corrected chi connectivity index (χ4v) is 3.39. The number of nitrogens with two attached hydrogens (primary N) is 1. The monoisotopic (exact) mass is 273 g/mol. The highest BCUT2D eigenvalue weighted by atomic mass is 16.2. The first kappa shape index (κ1) is 13.0. The number of urea groups is 1. The molecule has 1 heterocycles. The number of imide groups is 1. The smallest absolute Gasteiger partial charge is 0.325 e. The highest BCUT2D eigenvalue weighted by Crippen LogP contribution is 2.39. The van der Waals surface area contributed by atoms with Crippen LogP contribution in [0.25, 0.3) is 0 Å². The number of rotatable bonds is 2. The number of nitrogens with zero attached hydrogens (tertiary/aromatic N) is 1. The summed E-state index contributed by atoms with van der Waals surface area (Å²) in [6.07, 6.45) is 1.95. The van der Waals surface area contributed by atoms with Crippen LogP contribution in [0.5, 0.6) is 0 Å². The maximum Gasteiger partial charge on any atom is 0.325 e. The Morgan fingerprint density at radius 2 is 2.05 bits per heavy atom. The Kier molecular flexibility index (Phi) is 2.74. The fourth-order valence-electron chi connectivity index (χ4n) is 3.39. The average molecular weight is 273 g/mol. The van der Waals surface area contributed by atoms with Gasteiger partial charge in [0.15, 0.2) is 0 Å². The number of nitrogen functional groups attached to an aromatic ring is 1.